The van der Waals surface area contributed by atoms with Crippen LogP contribution in [-0.4, -0.2) is 34.6 Å². The van der Waals surface area contributed by atoms with Crippen molar-refractivity contribution in [2.45, 2.75) is 12.5 Å². The monoisotopic (exact) mass is 256 g/mol. The minimum atomic E-state index is -0.0897. The largest absolute Gasteiger partial charge is 0.384 e. The molecule has 5 nitrogen and oxygen atoms in total. The average Bonchev–Trinajstić information content (AvgIpc) is 3.06. The Labute approximate surface area is 111 Å². The summed E-state index contributed by atoms with van der Waals surface area (Å²) in [5.74, 6) is 0.0479. The number of fused-ring (bicyclic) bond motifs is 1. The van der Waals surface area contributed by atoms with E-state index >= 15 is 0 Å². The Hall–Kier alpha value is -2.30. The molecule has 0 spiro atoms. The zero-order valence-electron chi connectivity index (χ0n) is 10.8. The van der Waals surface area contributed by atoms with Crippen LogP contribution < -0.4 is 5.32 Å². The highest BCUT2D eigenvalue weighted by molar-refractivity contribution is 5.88. The lowest BCUT2D eigenvalue weighted by molar-refractivity contribution is -0.131. The molecule has 5 heteroatoms. The molecule has 2 heterocycles. The number of nitrogens with zero attached hydrogens (tertiary/aromatic N) is 2. The molecule has 0 saturated carbocycles. The van der Waals surface area contributed by atoms with Gasteiger partial charge >= 0.3 is 0 Å². The van der Waals surface area contributed by atoms with E-state index < -0.39 is 0 Å². The zero-order chi connectivity index (χ0) is 13.2. The SMILES string of the molecule is CN(Cc1cn[nH]c1)C(=O)C1CNc2ccccc21. The zero-order valence-corrected chi connectivity index (χ0v) is 10.8. The van der Waals surface area contributed by atoms with Gasteiger partial charge in [0.25, 0.3) is 0 Å². The number of carbonyl (C=O) groups excluding carboxylic acids is 1. The van der Waals surface area contributed by atoms with Crippen LogP contribution in [0, 0.1) is 0 Å². The van der Waals surface area contributed by atoms with E-state index in [1.165, 1.54) is 0 Å². The lowest BCUT2D eigenvalue weighted by Crippen LogP contribution is -2.32. The normalized spacial score (nSPS) is 16.8. The first-order valence-corrected chi connectivity index (χ1v) is 6.31. The second-order valence-electron chi connectivity index (χ2n) is 4.82. The van der Waals surface area contributed by atoms with Gasteiger partial charge in [0.05, 0.1) is 12.1 Å². The molecule has 0 saturated heterocycles. The predicted molar refractivity (Wildman–Crippen MR) is 72.7 cm³/mol. The molecule has 1 aromatic heterocycles. The van der Waals surface area contributed by atoms with Gasteiger partial charge in [-0.3, -0.25) is 9.89 Å². The molecule has 2 aromatic rings. The Balaban J connectivity index is 1.74. The smallest absolute Gasteiger partial charge is 0.232 e. The molecule has 1 aromatic carbocycles. The van der Waals surface area contributed by atoms with Crippen LogP contribution in [0.4, 0.5) is 5.69 Å². The number of amides is 1. The first kappa shape index (κ1) is 11.8. The Morgan fingerprint density at radius 2 is 2.32 bits per heavy atom. The number of para-hydroxylation sites is 1. The minimum absolute atomic E-state index is 0.0897. The van der Waals surface area contributed by atoms with Gasteiger partial charge in [-0.25, -0.2) is 0 Å². The number of anilines is 1. The van der Waals surface area contributed by atoms with Gasteiger partial charge in [0.2, 0.25) is 5.91 Å². The summed E-state index contributed by atoms with van der Waals surface area (Å²) in [6.07, 6.45) is 3.55. The highest BCUT2D eigenvalue weighted by Crippen LogP contribution is 2.32. The summed E-state index contributed by atoms with van der Waals surface area (Å²) in [6.45, 7) is 1.25. The summed E-state index contributed by atoms with van der Waals surface area (Å²) in [5.41, 5.74) is 3.17. The minimum Gasteiger partial charge on any atom is -0.384 e. The van der Waals surface area contributed by atoms with Crippen LogP contribution in [0.3, 0.4) is 0 Å². The molecule has 3 rings (SSSR count). The quantitative estimate of drug-likeness (QED) is 0.876. The van der Waals surface area contributed by atoms with Crippen LogP contribution in [0.2, 0.25) is 0 Å². The van der Waals surface area contributed by atoms with Crippen molar-refractivity contribution in [2.75, 3.05) is 18.9 Å². The van der Waals surface area contributed by atoms with Crippen molar-refractivity contribution in [1.29, 1.82) is 0 Å². The molecular weight excluding hydrogens is 240 g/mol. The van der Waals surface area contributed by atoms with E-state index in [0.29, 0.717) is 13.1 Å². The van der Waals surface area contributed by atoms with E-state index in [-0.39, 0.29) is 11.8 Å². The molecule has 0 aliphatic carbocycles. The Kier molecular flexibility index (Phi) is 2.95. The Morgan fingerprint density at radius 3 is 3.11 bits per heavy atom. The summed E-state index contributed by atoms with van der Waals surface area (Å²) in [6, 6.07) is 7.98. The third-order valence-electron chi connectivity index (χ3n) is 3.48. The van der Waals surface area contributed by atoms with Crippen molar-refractivity contribution in [3.8, 4) is 0 Å². The maximum atomic E-state index is 12.5. The molecule has 1 amide bonds. The van der Waals surface area contributed by atoms with Gasteiger partial charge < -0.3 is 10.2 Å². The van der Waals surface area contributed by atoms with Crippen LogP contribution in [0.25, 0.3) is 0 Å². The van der Waals surface area contributed by atoms with Gasteiger partial charge in [-0.15, -0.1) is 0 Å². The number of nitrogens with one attached hydrogen (secondary N) is 2. The fraction of sp³-hybridized carbons (Fsp3) is 0.286. The highest BCUT2D eigenvalue weighted by Gasteiger charge is 2.30. The van der Waals surface area contributed by atoms with Crippen LogP contribution in [0.15, 0.2) is 36.7 Å². The molecule has 19 heavy (non-hydrogen) atoms. The summed E-state index contributed by atoms with van der Waals surface area (Å²) in [7, 11) is 1.83. The van der Waals surface area contributed by atoms with Gasteiger partial charge in [-0.05, 0) is 11.6 Å². The van der Waals surface area contributed by atoms with E-state index in [0.717, 1.165) is 16.8 Å². The number of rotatable bonds is 3. The second kappa shape index (κ2) is 4.76. The van der Waals surface area contributed by atoms with Crippen LogP contribution in [-0.2, 0) is 11.3 Å². The van der Waals surface area contributed by atoms with Crippen molar-refractivity contribution in [3.05, 3.63) is 47.8 Å². The number of aromatic amines is 1. The van der Waals surface area contributed by atoms with Gasteiger partial charge in [0.15, 0.2) is 0 Å². The van der Waals surface area contributed by atoms with Gasteiger partial charge in [-0.2, -0.15) is 5.10 Å². The fourth-order valence-electron chi connectivity index (χ4n) is 2.49. The Morgan fingerprint density at radius 1 is 1.47 bits per heavy atom. The van der Waals surface area contributed by atoms with E-state index in [2.05, 4.69) is 15.5 Å². The maximum absolute atomic E-state index is 12.5. The topological polar surface area (TPSA) is 61.0 Å². The number of carbonyl (C=O) groups is 1. The highest BCUT2D eigenvalue weighted by atomic mass is 16.2. The lowest BCUT2D eigenvalue weighted by atomic mass is 10.00. The van der Waals surface area contributed by atoms with Crippen LogP contribution in [0.1, 0.15) is 17.0 Å². The van der Waals surface area contributed by atoms with Crippen molar-refractivity contribution in [3.63, 3.8) is 0 Å². The third-order valence-corrected chi connectivity index (χ3v) is 3.48. The number of hydrogen-bond acceptors (Lipinski definition) is 3. The summed E-state index contributed by atoms with van der Waals surface area (Å²) < 4.78 is 0. The third kappa shape index (κ3) is 2.19. The van der Waals surface area contributed by atoms with Crippen molar-refractivity contribution < 1.29 is 4.79 Å². The van der Waals surface area contributed by atoms with Crippen molar-refractivity contribution >= 4 is 11.6 Å². The van der Waals surface area contributed by atoms with Crippen LogP contribution >= 0.6 is 0 Å². The lowest BCUT2D eigenvalue weighted by Gasteiger charge is -2.20. The fourth-order valence-corrected chi connectivity index (χ4v) is 2.49. The molecule has 1 atom stereocenters. The molecule has 2 N–H and O–H groups in total. The first-order valence-electron chi connectivity index (χ1n) is 6.31. The maximum Gasteiger partial charge on any atom is 0.232 e. The molecule has 98 valence electrons. The molecule has 1 aliphatic heterocycles. The van der Waals surface area contributed by atoms with Gasteiger partial charge in [-0.1, -0.05) is 18.2 Å². The number of aromatic nitrogens is 2. The first-order chi connectivity index (χ1) is 9.25. The van der Waals surface area contributed by atoms with Crippen LogP contribution in [0.5, 0.6) is 0 Å². The predicted octanol–water partition coefficient (Wildman–Crippen LogP) is 1.58. The van der Waals surface area contributed by atoms with Crippen molar-refractivity contribution in [2.24, 2.45) is 0 Å². The van der Waals surface area contributed by atoms with E-state index in [1.54, 1.807) is 11.1 Å². The molecule has 0 radical (unpaired) electrons. The van der Waals surface area contributed by atoms with Crippen molar-refractivity contribution in [1.82, 2.24) is 15.1 Å². The average molecular weight is 256 g/mol. The van der Waals surface area contributed by atoms with Gasteiger partial charge in [0.1, 0.15) is 0 Å². The number of likely N-dealkylation sites (N-methyl/N-ethyl adjacent to an activating group) is 1. The second-order valence-corrected chi connectivity index (χ2v) is 4.82. The molecule has 0 fully saturated rings. The Bertz CT molecular complexity index is 579. The molecule has 1 aliphatic rings. The molecular formula is C14H16N4O. The molecule has 1 unspecified atom stereocenters. The standard InChI is InChI=1S/C14H16N4O/c1-18(9-10-6-16-17-7-10)14(19)12-8-15-13-5-3-2-4-11(12)13/h2-7,12,15H,8-9H2,1H3,(H,16,17). The number of benzene rings is 1. The summed E-state index contributed by atoms with van der Waals surface area (Å²) in [4.78, 5) is 14.2. The van der Waals surface area contributed by atoms with E-state index in [1.807, 2.05) is 37.5 Å². The summed E-state index contributed by atoms with van der Waals surface area (Å²) in [5, 5.41) is 9.93. The van der Waals surface area contributed by atoms with E-state index in [4.69, 9.17) is 0 Å². The summed E-state index contributed by atoms with van der Waals surface area (Å²) >= 11 is 0. The number of hydrogen-bond donors (Lipinski definition) is 2. The number of H-pyrrole nitrogens is 1. The van der Waals surface area contributed by atoms with E-state index in [9.17, 15) is 4.79 Å². The molecule has 0 bridgehead atoms. The van der Waals surface area contributed by atoms with Gasteiger partial charge in [0, 0.05) is 37.6 Å².